The van der Waals surface area contributed by atoms with Crippen LogP contribution < -0.4 is 5.32 Å². The highest BCUT2D eigenvalue weighted by Gasteiger charge is 2.22. The largest absolute Gasteiger partial charge is 0.312 e. The van der Waals surface area contributed by atoms with Crippen LogP contribution >= 0.6 is 11.3 Å². The molecule has 19 heavy (non-hydrogen) atoms. The lowest BCUT2D eigenvalue weighted by molar-refractivity contribution is 0.428. The molecule has 6 heteroatoms. The summed E-state index contributed by atoms with van der Waals surface area (Å²) in [7, 11) is -1.67. The molecular formula is C13H24N2O2S2. The molecule has 1 aromatic rings. The van der Waals surface area contributed by atoms with Crippen LogP contribution in [0.5, 0.6) is 0 Å². The van der Waals surface area contributed by atoms with E-state index >= 15 is 0 Å². The molecule has 0 saturated heterocycles. The summed E-state index contributed by atoms with van der Waals surface area (Å²) in [6.45, 7) is 8.41. The monoisotopic (exact) mass is 304 g/mol. The van der Waals surface area contributed by atoms with E-state index in [2.05, 4.69) is 19.2 Å². The van der Waals surface area contributed by atoms with Gasteiger partial charge in [-0.25, -0.2) is 12.7 Å². The Morgan fingerprint density at radius 2 is 2.11 bits per heavy atom. The molecule has 0 amide bonds. The first-order valence-electron chi connectivity index (χ1n) is 6.62. The molecule has 0 aliphatic heterocycles. The van der Waals surface area contributed by atoms with E-state index in [1.807, 2.05) is 6.92 Å². The van der Waals surface area contributed by atoms with Gasteiger partial charge in [-0.3, -0.25) is 0 Å². The number of sulfonamides is 1. The molecule has 4 nitrogen and oxygen atoms in total. The summed E-state index contributed by atoms with van der Waals surface area (Å²) in [5, 5.41) is 4.93. The molecule has 1 rings (SSSR count). The quantitative estimate of drug-likeness (QED) is 0.803. The van der Waals surface area contributed by atoms with E-state index in [4.69, 9.17) is 0 Å². The Labute approximate surface area is 120 Å². The Morgan fingerprint density at radius 1 is 1.42 bits per heavy atom. The van der Waals surface area contributed by atoms with Crippen LogP contribution in [-0.2, 0) is 16.6 Å². The SMILES string of the molecule is CCNCc1cc(S(=O)(=O)N(C)CCC(C)C)cs1. The van der Waals surface area contributed by atoms with Crippen molar-refractivity contribution >= 4 is 21.4 Å². The fourth-order valence-electron chi connectivity index (χ4n) is 1.58. The van der Waals surface area contributed by atoms with Crippen LogP contribution in [0.1, 0.15) is 32.1 Å². The highest BCUT2D eigenvalue weighted by atomic mass is 32.2. The third-order valence-corrected chi connectivity index (χ3v) is 5.83. The smallest absolute Gasteiger partial charge is 0.243 e. The Bertz CT molecular complexity index is 481. The molecule has 0 aliphatic carbocycles. The highest BCUT2D eigenvalue weighted by molar-refractivity contribution is 7.89. The predicted molar refractivity (Wildman–Crippen MR) is 81.0 cm³/mol. The van der Waals surface area contributed by atoms with E-state index in [1.165, 1.54) is 15.6 Å². The maximum atomic E-state index is 12.3. The van der Waals surface area contributed by atoms with Gasteiger partial charge < -0.3 is 5.32 Å². The van der Waals surface area contributed by atoms with Crippen molar-refractivity contribution in [3.8, 4) is 0 Å². The van der Waals surface area contributed by atoms with Crippen molar-refractivity contribution in [3.05, 3.63) is 16.3 Å². The number of thiophene rings is 1. The minimum Gasteiger partial charge on any atom is -0.312 e. The Balaban J connectivity index is 2.73. The van der Waals surface area contributed by atoms with E-state index in [0.717, 1.165) is 24.4 Å². The topological polar surface area (TPSA) is 49.4 Å². The molecule has 0 atom stereocenters. The van der Waals surface area contributed by atoms with Gasteiger partial charge >= 0.3 is 0 Å². The molecule has 0 radical (unpaired) electrons. The second-order valence-corrected chi connectivity index (χ2v) is 8.08. The van der Waals surface area contributed by atoms with Gasteiger partial charge in [0, 0.05) is 30.4 Å². The van der Waals surface area contributed by atoms with E-state index in [1.54, 1.807) is 18.5 Å². The van der Waals surface area contributed by atoms with E-state index in [-0.39, 0.29) is 0 Å². The van der Waals surface area contributed by atoms with Gasteiger partial charge in [-0.2, -0.15) is 0 Å². The zero-order valence-corrected chi connectivity index (χ0v) is 13.8. The van der Waals surface area contributed by atoms with Crippen molar-refractivity contribution in [2.45, 2.75) is 38.6 Å². The van der Waals surface area contributed by atoms with Gasteiger partial charge in [0.25, 0.3) is 0 Å². The molecule has 0 fully saturated rings. The summed E-state index contributed by atoms with van der Waals surface area (Å²) in [6, 6.07) is 1.77. The van der Waals surface area contributed by atoms with Crippen LogP contribution in [-0.4, -0.2) is 32.9 Å². The number of nitrogens with zero attached hydrogens (tertiary/aromatic N) is 1. The van der Waals surface area contributed by atoms with Gasteiger partial charge in [0.05, 0.1) is 4.90 Å². The maximum Gasteiger partial charge on any atom is 0.243 e. The van der Waals surface area contributed by atoms with Crippen LogP contribution in [0.15, 0.2) is 16.3 Å². The second-order valence-electron chi connectivity index (χ2n) is 5.04. The normalized spacial score (nSPS) is 12.5. The summed E-state index contributed by atoms with van der Waals surface area (Å²) >= 11 is 1.49. The van der Waals surface area contributed by atoms with Crippen molar-refractivity contribution in [2.75, 3.05) is 20.1 Å². The molecular weight excluding hydrogens is 280 g/mol. The Hall–Kier alpha value is -0.430. The summed E-state index contributed by atoms with van der Waals surface area (Å²) < 4.78 is 26.1. The minimum atomic E-state index is -3.32. The number of rotatable bonds is 8. The summed E-state index contributed by atoms with van der Waals surface area (Å²) in [6.07, 6.45) is 0.879. The van der Waals surface area contributed by atoms with Crippen molar-refractivity contribution in [3.63, 3.8) is 0 Å². The molecule has 0 aromatic carbocycles. The Morgan fingerprint density at radius 3 is 2.68 bits per heavy atom. The zero-order valence-electron chi connectivity index (χ0n) is 12.1. The third kappa shape index (κ3) is 4.87. The van der Waals surface area contributed by atoms with Gasteiger partial charge in [-0.05, 0) is 24.9 Å². The standard InChI is InChI=1S/C13H24N2O2S2/c1-5-14-9-12-8-13(10-18-12)19(16,17)15(4)7-6-11(2)3/h8,10-11,14H,5-7,9H2,1-4H3. The van der Waals surface area contributed by atoms with E-state index in [9.17, 15) is 8.42 Å². The van der Waals surface area contributed by atoms with Crippen molar-refractivity contribution in [1.82, 2.24) is 9.62 Å². The molecule has 0 saturated carbocycles. The number of hydrogen-bond acceptors (Lipinski definition) is 4. The summed E-state index contributed by atoms with van der Waals surface area (Å²) in [4.78, 5) is 1.47. The summed E-state index contributed by atoms with van der Waals surface area (Å²) in [5.41, 5.74) is 0. The van der Waals surface area contributed by atoms with E-state index < -0.39 is 10.0 Å². The van der Waals surface area contributed by atoms with Gasteiger partial charge in [0.2, 0.25) is 10.0 Å². The lowest BCUT2D eigenvalue weighted by Crippen LogP contribution is -2.28. The lowest BCUT2D eigenvalue weighted by atomic mass is 10.1. The zero-order chi connectivity index (χ0) is 14.5. The lowest BCUT2D eigenvalue weighted by Gasteiger charge is -2.17. The van der Waals surface area contributed by atoms with Crippen LogP contribution in [0.25, 0.3) is 0 Å². The Kier molecular flexibility index (Phi) is 6.46. The van der Waals surface area contributed by atoms with Gasteiger partial charge in [-0.1, -0.05) is 20.8 Å². The van der Waals surface area contributed by atoms with Gasteiger partial charge in [0.1, 0.15) is 0 Å². The second kappa shape index (κ2) is 7.38. The van der Waals surface area contributed by atoms with Crippen LogP contribution in [0.3, 0.4) is 0 Å². The molecule has 0 spiro atoms. The first kappa shape index (κ1) is 16.6. The maximum absolute atomic E-state index is 12.3. The fraction of sp³-hybridized carbons (Fsp3) is 0.692. The molecule has 0 aliphatic rings. The molecule has 110 valence electrons. The van der Waals surface area contributed by atoms with Crippen LogP contribution in [0.2, 0.25) is 0 Å². The molecule has 0 unspecified atom stereocenters. The van der Waals surface area contributed by atoms with Gasteiger partial charge in [-0.15, -0.1) is 11.3 Å². The molecule has 1 heterocycles. The van der Waals surface area contributed by atoms with Crippen LogP contribution in [0, 0.1) is 5.92 Å². The summed E-state index contributed by atoms with van der Waals surface area (Å²) in [5.74, 6) is 0.504. The minimum absolute atomic E-state index is 0.414. The number of hydrogen-bond donors (Lipinski definition) is 1. The van der Waals surface area contributed by atoms with Crippen molar-refractivity contribution in [2.24, 2.45) is 5.92 Å². The van der Waals surface area contributed by atoms with Gasteiger partial charge in [0.15, 0.2) is 0 Å². The first-order chi connectivity index (χ1) is 8.87. The van der Waals surface area contributed by atoms with Crippen molar-refractivity contribution < 1.29 is 8.42 Å². The molecule has 1 aromatic heterocycles. The highest BCUT2D eigenvalue weighted by Crippen LogP contribution is 2.22. The van der Waals surface area contributed by atoms with Crippen LogP contribution in [0.4, 0.5) is 0 Å². The number of nitrogens with one attached hydrogen (secondary N) is 1. The van der Waals surface area contributed by atoms with Crippen molar-refractivity contribution in [1.29, 1.82) is 0 Å². The average Bonchev–Trinajstić information content (AvgIpc) is 2.82. The molecule has 0 bridgehead atoms. The average molecular weight is 304 g/mol. The first-order valence-corrected chi connectivity index (χ1v) is 8.94. The predicted octanol–water partition coefficient (Wildman–Crippen LogP) is 2.52. The third-order valence-electron chi connectivity index (χ3n) is 2.91. The molecule has 1 N–H and O–H groups in total. The fourth-order valence-corrected chi connectivity index (χ4v) is 3.99. The van der Waals surface area contributed by atoms with E-state index in [0.29, 0.717) is 17.4 Å².